The minimum Gasteiger partial charge on any atom is -0.396 e. The summed E-state index contributed by atoms with van der Waals surface area (Å²) in [4.78, 5) is 13.8. The maximum absolute atomic E-state index is 11.7. The van der Waals surface area contributed by atoms with Crippen molar-refractivity contribution in [3.8, 4) is 0 Å². The van der Waals surface area contributed by atoms with Gasteiger partial charge in [-0.2, -0.15) is 0 Å². The molecule has 0 bridgehead atoms. The van der Waals surface area contributed by atoms with Crippen LogP contribution >= 0.6 is 0 Å². The van der Waals surface area contributed by atoms with Crippen LogP contribution < -0.4 is 11.1 Å². The number of carbonyl (C=O) groups is 1. The maximum atomic E-state index is 11.7. The molecule has 1 aliphatic rings. The number of carbonyl (C=O) groups excluding carboxylic acids is 1. The van der Waals surface area contributed by atoms with Crippen molar-refractivity contribution < 1.29 is 9.90 Å². The van der Waals surface area contributed by atoms with E-state index in [-0.39, 0.29) is 17.9 Å². The van der Waals surface area contributed by atoms with Gasteiger partial charge >= 0.3 is 0 Å². The molecule has 17 heavy (non-hydrogen) atoms. The quantitative estimate of drug-likeness (QED) is 0.611. The van der Waals surface area contributed by atoms with Crippen LogP contribution in [0.15, 0.2) is 0 Å². The first-order valence-corrected chi connectivity index (χ1v) is 6.28. The minimum atomic E-state index is -0.250. The zero-order valence-corrected chi connectivity index (χ0v) is 10.9. The van der Waals surface area contributed by atoms with Crippen LogP contribution in [0.3, 0.4) is 0 Å². The summed E-state index contributed by atoms with van der Waals surface area (Å²) in [7, 11) is 0. The second-order valence-electron chi connectivity index (χ2n) is 5.71. The van der Waals surface area contributed by atoms with E-state index < -0.39 is 0 Å². The van der Waals surface area contributed by atoms with Gasteiger partial charge < -0.3 is 16.2 Å². The van der Waals surface area contributed by atoms with E-state index in [2.05, 4.69) is 10.2 Å². The Bertz CT molecular complexity index is 248. The topological polar surface area (TPSA) is 78.6 Å². The Morgan fingerprint density at radius 1 is 1.47 bits per heavy atom. The molecule has 0 aromatic rings. The number of rotatable bonds is 5. The molecule has 1 amide bonds. The number of nitrogens with two attached hydrogens (primary N) is 1. The summed E-state index contributed by atoms with van der Waals surface area (Å²) < 4.78 is 0. The van der Waals surface area contributed by atoms with E-state index in [4.69, 9.17) is 10.8 Å². The summed E-state index contributed by atoms with van der Waals surface area (Å²) in [6.07, 6.45) is 1.94. The van der Waals surface area contributed by atoms with Crippen LogP contribution in [0, 0.1) is 5.41 Å². The van der Waals surface area contributed by atoms with Gasteiger partial charge in [0.1, 0.15) is 0 Å². The number of nitrogens with one attached hydrogen (secondary N) is 1. The van der Waals surface area contributed by atoms with E-state index in [9.17, 15) is 4.79 Å². The summed E-state index contributed by atoms with van der Waals surface area (Å²) in [6.45, 7) is 6.67. The van der Waals surface area contributed by atoms with Gasteiger partial charge in [0.15, 0.2) is 0 Å². The van der Waals surface area contributed by atoms with Crippen molar-refractivity contribution >= 4 is 5.91 Å². The first kappa shape index (κ1) is 14.4. The van der Waals surface area contributed by atoms with E-state index in [1.807, 2.05) is 13.8 Å². The molecule has 1 heterocycles. The van der Waals surface area contributed by atoms with Crippen molar-refractivity contribution in [3.05, 3.63) is 0 Å². The second kappa shape index (κ2) is 6.33. The molecule has 0 radical (unpaired) electrons. The van der Waals surface area contributed by atoms with Crippen LogP contribution in [-0.4, -0.2) is 54.7 Å². The van der Waals surface area contributed by atoms with Gasteiger partial charge in [-0.1, -0.05) is 13.8 Å². The van der Waals surface area contributed by atoms with Gasteiger partial charge in [0, 0.05) is 37.7 Å². The predicted molar refractivity (Wildman–Crippen MR) is 67.5 cm³/mol. The van der Waals surface area contributed by atoms with E-state index in [1.54, 1.807) is 0 Å². The normalized spacial score (nSPS) is 19.3. The average molecular weight is 243 g/mol. The third kappa shape index (κ3) is 5.48. The molecule has 0 aliphatic carbocycles. The van der Waals surface area contributed by atoms with Crippen molar-refractivity contribution in [1.29, 1.82) is 0 Å². The van der Waals surface area contributed by atoms with Crippen LogP contribution in [-0.2, 0) is 4.79 Å². The minimum absolute atomic E-state index is 0.0296. The zero-order valence-electron chi connectivity index (χ0n) is 10.9. The molecule has 1 saturated heterocycles. The molecule has 0 saturated carbocycles. The highest BCUT2D eigenvalue weighted by Gasteiger charge is 2.20. The molecular weight excluding hydrogens is 218 g/mol. The number of aliphatic hydroxyl groups excluding tert-OH is 1. The van der Waals surface area contributed by atoms with Gasteiger partial charge in [0.05, 0.1) is 6.54 Å². The molecule has 5 nitrogen and oxygen atoms in total. The molecule has 0 unspecified atom stereocenters. The molecule has 1 fully saturated rings. The van der Waals surface area contributed by atoms with E-state index >= 15 is 0 Å². The molecular formula is C12H25N3O2. The number of nitrogens with zero attached hydrogens (tertiary/aromatic N) is 1. The van der Waals surface area contributed by atoms with Crippen LogP contribution in [0.4, 0.5) is 0 Å². The fourth-order valence-electron chi connectivity index (χ4n) is 1.76. The standard InChI is InChI=1S/C12H25N3O2/c1-12(2,9-16)8-14-11(17)7-15-5-3-10(13)4-6-15/h10,16H,3-9,13H2,1-2H3,(H,14,17). The third-order valence-corrected chi connectivity index (χ3v) is 3.19. The fourth-order valence-corrected chi connectivity index (χ4v) is 1.76. The highest BCUT2D eigenvalue weighted by atomic mass is 16.3. The molecule has 1 rings (SSSR count). The lowest BCUT2D eigenvalue weighted by molar-refractivity contribution is -0.123. The highest BCUT2D eigenvalue weighted by molar-refractivity contribution is 5.78. The Hall–Kier alpha value is -0.650. The summed E-state index contributed by atoms with van der Waals surface area (Å²) in [5, 5.41) is 11.9. The Morgan fingerprint density at radius 2 is 2.06 bits per heavy atom. The first-order valence-electron chi connectivity index (χ1n) is 6.28. The summed E-state index contributed by atoms with van der Waals surface area (Å²) >= 11 is 0. The molecule has 1 aliphatic heterocycles. The SMILES string of the molecule is CC(C)(CO)CNC(=O)CN1CCC(N)CC1. The molecule has 5 heteroatoms. The molecule has 4 N–H and O–H groups in total. The van der Waals surface area contributed by atoms with Gasteiger partial charge in [-0.3, -0.25) is 9.69 Å². The summed E-state index contributed by atoms with van der Waals surface area (Å²) in [5.41, 5.74) is 5.56. The number of piperidine rings is 1. The van der Waals surface area contributed by atoms with Crippen molar-refractivity contribution in [2.24, 2.45) is 11.1 Å². The zero-order chi connectivity index (χ0) is 12.9. The molecule has 100 valence electrons. The molecule has 0 aromatic heterocycles. The Kier molecular flexibility index (Phi) is 5.36. The maximum Gasteiger partial charge on any atom is 0.234 e. The third-order valence-electron chi connectivity index (χ3n) is 3.19. The van der Waals surface area contributed by atoms with E-state index in [0.717, 1.165) is 25.9 Å². The second-order valence-corrected chi connectivity index (χ2v) is 5.71. The number of hydrogen-bond acceptors (Lipinski definition) is 4. The Balaban J connectivity index is 2.21. The van der Waals surface area contributed by atoms with Gasteiger partial charge in [0.25, 0.3) is 0 Å². The van der Waals surface area contributed by atoms with Gasteiger partial charge in [-0.25, -0.2) is 0 Å². The Morgan fingerprint density at radius 3 is 2.59 bits per heavy atom. The Labute approximate surface area is 103 Å². The van der Waals surface area contributed by atoms with Gasteiger partial charge in [-0.15, -0.1) is 0 Å². The largest absolute Gasteiger partial charge is 0.396 e. The lowest BCUT2D eigenvalue weighted by atomic mass is 9.95. The van der Waals surface area contributed by atoms with Crippen molar-refractivity contribution in [2.45, 2.75) is 32.7 Å². The van der Waals surface area contributed by atoms with Crippen molar-refractivity contribution in [2.75, 3.05) is 32.8 Å². The van der Waals surface area contributed by atoms with Crippen LogP contribution in [0.5, 0.6) is 0 Å². The van der Waals surface area contributed by atoms with Crippen LogP contribution in [0.25, 0.3) is 0 Å². The van der Waals surface area contributed by atoms with Crippen molar-refractivity contribution in [3.63, 3.8) is 0 Å². The highest BCUT2D eigenvalue weighted by Crippen LogP contribution is 2.11. The average Bonchev–Trinajstić information content (AvgIpc) is 2.30. The fraction of sp³-hybridized carbons (Fsp3) is 0.917. The first-order chi connectivity index (χ1) is 7.93. The van der Waals surface area contributed by atoms with Crippen LogP contribution in [0.2, 0.25) is 0 Å². The smallest absolute Gasteiger partial charge is 0.234 e. The monoisotopic (exact) mass is 243 g/mol. The predicted octanol–water partition coefficient (Wildman–Crippen LogP) is -0.456. The summed E-state index contributed by atoms with van der Waals surface area (Å²) in [6, 6.07) is 0.294. The number of amides is 1. The van der Waals surface area contributed by atoms with Crippen molar-refractivity contribution in [1.82, 2.24) is 10.2 Å². The lowest BCUT2D eigenvalue weighted by Crippen LogP contribution is -2.46. The van der Waals surface area contributed by atoms with Gasteiger partial charge in [-0.05, 0) is 12.8 Å². The molecule has 0 atom stereocenters. The molecule has 0 spiro atoms. The molecule has 0 aromatic carbocycles. The van der Waals surface area contributed by atoms with E-state index in [1.165, 1.54) is 0 Å². The number of likely N-dealkylation sites (tertiary alicyclic amines) is 1. The van der Waals surface area contributed by atoms with E-state index in [0.29, 0.717) is 19.1 Å². The summed E-state index contributed by atoms with van der Waals surface area (Å²) in [5.74, 6) is 0.0296. The number of hydrogen-bond donors (Lipinski definition) is 3. The van der Waals surface area contributed by atoms with Crippen LogP contribution in [0.1, 0.15) is 26.7 Å². The number of aliphatic hydroxyl groups is 1. The van der Waals surface area contributed by atoms with Gasteiger partial charge in [0.2, 0.25) is 5.91 Å². The lowest BCUT2D eigenvalue weighted by Gasteiger charge is -2.30.